The number of nitrogens with zero attached hydrogens (tertiary/aromatic N) is 1. The van der Waals surface area contributed by atoms with E-state index in [2.05, 4.69) is 39.6 Å². The van der Waals surface area contributed by atoms with Crippen LogP contribution in [0, 0.1) is 17.3 Å². The van der Waals surface area contributed by atoms with Crippen molar-refractivity contribution >= 4 is 5.78 Å². The molecule has 0 radical (unpaired) electrons. The SMILES string of the molecule is CC(C)CCN(C)CC1CCCC(C)(C)C1=O. The maximum absolute atomic E-state index is 12.3. The first-order valence-corrected chi connectivity index (χ1v) is 7.06. The molecule has 1 unspecified atom stereocenters. The van der Waals surface area contributed by atoms with E-state index in [4.69, 9.17) is 0 Å². The van der Waals surface area contributed by atoms with Crippen LogP contribution in [-0.2, 0) is 4.79 Å². The Morgan fingerprint density at radius 1 is 1.41 bits per heavy atom. The Hall–Kier alpha value is -0.370. The van der Waals surface area contributed by atoms with Gasteiger partial charge < -0.3 is 4.90 Å². The molecule has 17 heavy (non-hydrogen) atoms. The summed E-state index contributed by atoms with van der Waals surface area (Å²) in [7, 11) is 2.15. The normalized spacial score (nSPS) is 24.6. The van der Waals surface area contributed by atoms with Gasteiger partial charge >= 0.3 is 0 Å². The Morgan fingerprint density at radius 2 is 2.06 bits per heavy atom. The van der Waals surface area contributed by atoms with Gasteiger partial charge in [0.1, 0.15) is 5.78 Å². The molecule has 2 nitrogen and oxygen atoms in total. The highest BCUT2D eigenvalue weighted by molar-refractivity contribution is 5.87. The van der Waals surface area contributed by atoms with E-state index in [1.54, 1.807) is 0 Å². The van der Waals surface area contributed by atoms with Crippen molar-refractivity contribution in [3.05, 3.63) is 0 Å². The van der Waals surface area contributed by atoms with Crippen LogP contribution in [0.25, 0.3) is 0 Å². The molecule has 1 saturated carbocycles. The molecule has 0 aliphatic heterocycles. The smallest absolute Gasteiger partial charge is 0.142 e. The molecular formula is C15H29NO. The lowest BCUT2D eigenvalue weighted by Gasteiger charge is -2.35. The number of hydrogen-bond acceptors (Lipinski definition) is 2. The molecule has 0 saturated heterocycles. The number of ketones is 1. The average molecular weight is 239 g/mol. The van der Waals surface area contributed by atoms with Gasteiger partial charge in [-0.15, -0.1) is 0 Å². The number of carbonyl (C=O) groups excluding carboxylic acids is 1. The van der Waals surface area contributed by atoms with Crippen LogP contribution >= 0.6 is 0 Å². The maximum atomic E-state index is 12.3. The minimum atomic E-state index is -0.0815. The van der Waals surface area contributed by atoms with Crippen molar-refractivity contribution in [1.29, 1.82) is 0 Å². The van der Waals surface area contributed by atoms with E-state index in [-0.39, 0.29) is 11.3 Å². The van der Waals surface area contributed by atoms with Crippen LogP contribution in [-0.4, -0.2) is 30.8 Å². The molecule has 0 aromatic heterocycles. The highest BCUT2D eigenvalue weighted by atomic mass is 16.1. The van der Waals surface area contributed by atoms with Crippen molar-refractivity contribution in [1.82, 2.24) is 4.90 Å². The van der Waals surface area contributed by atoms with Crippen LogP contribution in [0.5, 0.6) is 0 Å². The van der Waals surface area contributed by atoms with Crippen molar-refractivity contribution in [3.8, 4) is 0 Å². The van der Waals surface area contributed by atoms with E-state index >= 15 is 0 Å². The molecule has 1 aliphatic carbocycles. The number of hydrogen-bond donors (Lipinski definition) is 0. The fourth-order valence-electron chi connectivity index (χ4n) is 2.72. The van der Waals surface area contributed by atoms with Gasteiger partial charge in [0.25, 0.3) is 0 Å². The summed E-state index contributed by atoms with van der Waals surface area (Å²) < 4.78 is 0. The first-order chi connectivity index (χ1) is 7.83. The summed E-state index contributed by atoms with van der Waals surface area (Å²) in [4.78, 5) is 14.6. The lowest BCUT2D eigenvalue weighted by molar-refractivity contribution is -0.134. The molecular weight excluding hydrogens is 210 g/mol. The number of carbonyl (C=O) groups is 1. The third-order valence-corrected chi connectivity index (χ3v) is 4.01. The number of rotatable bonds is 5. The van der Waals surface area contributed by atoms with Gasteiger partial charge in [-0.3, -0.25) is 4.79 Å². The first kappa shape index (κ1) is 14.7. The second-order valence-electron chi connectivity index (χ2n) is 6.78. The van der Waals surface area contributed by atoms with Crippen molar-refractivity contribution in [2.24, 2.45) is 17.3 Å². The molecule has 1 atom stereocenters. The summed E-state index contributed by atoms with van der Waals surface area (Å²) in [5.41, 5.74) is -0.0815. The zero-order valence-corrected chi connectivity index (χ0v) is 12.3. The summed E-state index contributed by atoms with van der Waals surface area (Å²) in [6, 6.07) is 0. The van der Waals surface area contributed by atoms with Crippen LogP contribution in [0.4, 0.5) is 0 Å². The van der Waals surface area contributed by atoms with E-state index in [0.717, 1.165) is 31.8 Å². The topological polar surface area (TPSA) is 20.3 Å². The molecule has 0 heterocycles. The minimum absolute atomic E-state index is 0.0815. The second kappa shape index (κ2) is 5.99. The van der Waals surface area contributed by atoms with Gasteiger partial charge in [0.2, 0.25) is 0 Å². The van der Waals surface area contributed by atoms with Crippen LogP contribution in [0.3, 0.4) is 0 Å². The molecule has 0 N–H and O–H groups in total. The lowest BCUT2D eigenvalue weighted by atomic mass is 9.71. The van der Waals surface area contributed by atoms with Crippen LogP contribution in [0.15, 0.2) is 0 Å². The molecule has 2 heteroatoms. The molecule has 0 spiro atoms. The van der Waals surface area contributed by atoms with Crippen molar-refractivity contribution in [3.63, 3.8) is 0 Å². The van der Waals surface area contributed by atoms with Gasteiger partial charge in [0.05, 0.1) is 0 Å². The average Bonchev–Trinajstić information content (AvgIpc) is 2.22. The zero-order chi connectivity index (χ0) is 13.1. The van der Waals surface area contributed by atoms with Gasteiger partial charge in [-0.25, -0.2) is 0 Å². The Morgan fingerprint density at radius 3 is 2.65 bits per heavy atom. The standard InChI is InChI=1S/C15H29NO/c1-12(2)8-10-16(5)11-13-7-6-9-15(3,4)14(13)17/h12-13H,6-11H2,1-5H3. The third-order valence-electron chi connectivity index (χ3n) is 4.01. The van der Waals surface area contributed by atoms with E-state index in [0.29, 0.717) is 5.78 Å². The fraction of sp³-hybridized carbons (Fsp3) is 0.933. The molecule has 1 fully saturated rings. The van der Waals surface area contributed by atoms with Crippen LogP contribution in [0.2, 0.25) is 0 Å². The predicted octanol–water partition coefficient (Wildman–Crippen LogP) is 3.36. The Labute approximate surface area is 107 Å². The molecule has 0 bridgehead atoms. The molecule has 1 aliphatic rings. The quantitative estimate of drug-likeness (QED) is 0.733. The number of Topliss-reactive ketones (excluding diaryl/α,β-unsaturated/α-hetero) is 1. The highest BCUT2D eigenvalue weighted by Gasteiger charge is 2.37. The van der Waals surface area contributed by atoms with Gasteiger partial charge in [-0.2, -0.15) is 0 Å². The van der Waals surface area contributed by atoms with Crippen molar-refractivity contribution in [2.45, 2.75) is 53.4 Å². The fourth-order valence-corrected chi connectivity index (χ4v) is 2.72. The monoisotopic (exact) mass is 239 g/mol. The van der Waals surface area contributed by atoms with E-state index < -0.39 is 0 Å². The second-order valence-corrected chi connectivity index (χ2v) is 6.78. The van der Waals surface area contributed by atoms with Gasteiger partial charge in [-0.05, 0) is 38.8 Å². The first-order valence-electron chi connectivity index (χ1n) is 7.06. The third kappa shape index (κ3) is 4.42. The summed E-state index contributed by atoms with van der Waals surface area (Å²) in [5.74, 6) is 1.51. The Kier molecular flexibility index (Phi) is 5.18. The molecule has 0 amide bonds. The summed E-state index contributed by atoms with van der Waals surface area (Å²) in [5, 5.41) is 0. The predicted molar refractivity (Wildman–Crippen MR) is 73.1 cm³/mol. The Balaban J connectivity index is 2.42. The van der Waals surface area contributed by atoms with Crippen molar-refractivity contribution in [2.75, 3.05) is 20.1 Å². The summed E-state index contributed by atoms with van der Waals surface area (Å²) >= 11 is 0. The minimum Gasteiger partial charge on any atom is -0.306 e. The van der Waals surface area contributed by atoms with E-state index in [9.17, 15) is 4.79 Å². The largest absolute Gasteiger partial charge is 0.306 e. The van der Waals surface area contributed by atoms with Crippen LogP contribution < -0.4 is 0 Å². The van der Waals surface area contributed by atoms with Crippen molar-refractivity contribution < 1.29 is 4.79 Å². The summed E-state index contributed by atoms with van der Waals surface area (Å²) in [6.45, 7) is 10.8. The van der Waals surface area contributed by atoms with E-state index in [1.807, 2.05) is 0 Å². The Bertz CT molecular complexity index is 258. The zero-order valence-electron chi connectivity index (χ0n) is 12.3. The molecule has 1 rings (SSSR count). The van der Waals surface area contributed by atoms with Gasteiger partial charge in [0, 0.05) is 17.9 Å². The molecule has 0 aromatic carbocycles. The summed E-state index contributed by atoms with van der Waals surface area (Å²) in [6.07, 6.45) is 4.59. The molecule has 100 valence electrons. The molecule has 0 aromatic rings. The van der Waals surface area contributed by atoms with E-state index in [1.165, 1.54) is 12.8 Å². The lowest BCUT2D eigenvalue weighted by Crippen LogP contribution is -2.41. The van der Waals surface area contributed by atoms with Gasteiger partial charge in [-0.1, -0.05) is 34.1 Å². The van der Waals surface area contributed by atoms with Gasteiger partial charge in [0.15, 0.2) is 0 Å². The highest BCUT2D eigenvalue weighted by Crippen LogP contribution is 2.35. The maximum Gasteiger partial charge on any atom is 0.142 e. The van der Waals surface area contributed by atoms with Crippen LogP contribution in [0.1, 0.15) is 53.4 Å².